The van der Waals surface area contributed by atoms with Crippen LogP contribution in [0.1, 0.15) is 58.3 Å². The summed E-state index contributed by atoms with van der Waals surface area (Å²) in [6, 6.07) is 0.876. The Morgan fingerprint density at radius 3 is 2.41 bits per heavy atom. The summed E-state index contributed by atoms with van der Waals surface area (Å²) in [4.78, 5) is 2.78. The van der Waals surface area contributed by atoms with Crippen molar-refractivity contribution < 1.29 is 0 Å². The van der Waals surface area contributed by atoms with Gasteiger partial charge < -0.3 is 5.73 Å². The van der Waals surface area contributed by atoms with Gasteiger partial charge in [-0.25, -0.2) is 0 Å². The van der Waals surface area contributed by atoms with Gasteiger partial charge in [0.25, 0.3) is 0 Å². The molecule has 3 fully saturated rings. The molecule has 0 spiro atoms. The Hall–Kier alpha value is -0.0800. The first kappa shape index (κ1) is 12.0. The summed E-state index contributed by atoms with van der Waals surface area (Å²) in [6.07, 6.45) is 11.5. The fourth-order valence-corrected chi connectivity index (χ4v) is 4.29. The number of likely N-dealkylation sites (N-methyl/N-ethyl adjacent to an activating group) is 1. The van der Waals surface area contributed by atoms with Gasteiger partial charge in [-0.05, 0) is 56.9 Å². The first-order valence-corrected chi connectivity index (χ1v) is 7.76. The molecule has 0 aromatic carbocycles. The van der Waals surface area contributed by atoms with E-state index < -0.39 is 0 Å². The maximum Gasteiger partial charge on any atom is 0.0337 e. The Balaban J connectivity index is 1.74. The molecule has 3 aliphatic carbocycles. The SMILES string of the molecule is CCN(C1CC1)C1(CN)CCCC(C2CC2)C1. The number of rotatable bonds is 5. The van der Waals surface area contributed by atoms with Gasteiger partial charge in [0, 0.05) is 18.1 Å². The fraction of sp³-hybridized carbons (Fsp3) is 1.00. The highest BCUT2D eigenvalue weighted by molar-refractivity contribution is 5.03. The van der Waals surface area contributed by atoms with Gasteiger partial charge in [0.15, 0.2) is 0 Å². The summed E-state index contributed by atoms with van der Waals surface area (Å²) >= 11 is 0. The van der Waals surface area contributed by atoms with Crippen LogP contribution in [-0.4, -0.2) is 29.6 Å². The van der Waals surface area contributed by atoms with Crippen molar-refractivity contribution in [1.82, 2.24) is 4.90 Å². The molecule has 17 heavy (non-hydrogen) atoms. The standard InChI is InChI=1S/C15H28N2/c1-2-17(14-7-8-14)15(11-16)9-3-4-13(10-15)12-5-6-12/h12-14H,2-11,16H2,1H3. The van der Waals surface area contributed by atoms with Gasteiger partial charge in [-0.2, -0.15) is 0 Å². The summed E-state index contributed by atoms with van der Waals surface area (Å²) in [6.45, 7) is 4.43. The molecule has 0 saturated heterocycles. The molecule has 0 amide bonds. The smallest absolute Gasteiger partial charge is 0.0337 e. The van der Waals surface area contributed by atoms with E-state index in [4.69, 9.17) is 5.73 Å². The molecule has 0 radical (unpaired) electrons. The highest BCUT2D eigenvalue weighted by Gasteiger charge is 2.47. The monoisotopic (exact) mass is 236 g/mol. The average Bonchev–Trinajstić information content (AvgIpc) is 3.21. The van der Waals surface area contributed by atoms with E-state index in [2.05, 4.69) is 11.8 Å². The molecule has 0 heterocycles. The van der Waals surface area contributed by atoms with Crippen LogP contribution >= 0.6 is 0 Å². The third-order valence-electron chi connectivity index (χ3n) is 5.47. The van der Waals surface area contributed by atoms with Crippen molar-refractivity contribution in [2.24, 2.45) is 17.6 Å². The zero-order chi connectivity index (χ0) is 11.9. The van der Waals surface area contributed by atoms with E-state index in [9.17, 15) is 0 Å². The van der Waals surface area contributed by atoms with Crippen LogP contribution in [0.4, 0.5) is 0 Å². The topological polar surface area (TPSA) is 29.3 Å². The lowest BCUT2D eigenvalue weighted by atomic mass is 9.72. The average molecular weight is 236 g/mol. The van der Waals surface area contributed by atoms with E-state index in [1.165, 1.54) is 57.9 Å². The van der Waals surface area contributed by atoms with E-state index >= 15 is 0 Å². The van der Waals surface area contributed by atoms with Crippen molar-refractivity contribution in [3.05, 3.63) is 0 Å². The van der Waals surface area contributed by atoms with Gasteiger partial charge in [0.1, 0.15) is 0 Å². The van der Waals surface area contributed by atoms with Crippen molar-refractivity contribution in [2.45, 2.75) is 69.9 Å². The molecule has 2 unspecified atom stereocenters. The molecule has 0 aliphatic heterocycles. The van der Waals surface area contributed by atoms with Crippen molar-refractivity contribution in [3.63, 3.8) is 0 Å². The molecule has 3 rings (SSSR count). The second-order valence-corrected chi connectivity index (χ2v) is 6.64. The zero-order valence-corrected chi connectivity index (χ0v) is 11.3. The largest absolute Gasteiger partial charge is 0.329 e. The quantitative estimate of drug-likeness (QED) is 0.795. The van der Waals surface area contributed by atoms with Crippen LogP contribution in [0, 0.1) is 11.8 Å². The lowest BCUT2D eigenvalue weighted by molar-refractivity contribution is 0.0282. The second kappa shape index (κ2) is 4.55. The number of hydrogen-bond acceptors (Lipinski definition) is 2. The van der Waals surface area contributed by atoms with Crippen LogP contribution in [-0.2, 0) is 0 Å². The van der Waals surface area contributed by atoms with Crippen molar-refractivity contribution in [1.29, 1.82) is 0 Å². The molecular weight excluding hydrogens is 208 g/mol. The molecule has 2 atom stereocenters. The second-order valence-electron chi connectivity index (χ2n) is 6.64. The number of nitrogens with zero attached hydrogens (tertiary/aromatic N) is 1. The van der Waals surface area contributed by atoms with E-state index in [0.29, 0.717) is 5.54 Å². The lowest BCUT2D eigenvalue weighted by Crippen LogP contribution is -2.57. The van der Waals surface area contributed by atoms with Gasteiger partial charge in [0.05, 0.1) is 0 Å². The molecule has 0 bridgehead atoms. The Bertz CT molecular complexity index is 270. The Labute approximate surface area is 106 Å². The lowest BCUT2D eigenvalue weighted by Gasteiger charge is -2.48. The van der Waals surface area contributed by atoms with Crippen LogP contribution in [0.2, 0.25) is 0 Å². The van der Waals surface area contributed by atoms with Crippen LogP contribution in [0.15, 0.2) is 0 Å². The predicted molar refractivity (Wildman–Crippen MR) is 71.9 cm³/mol. The van der Waals surface area contributed by atoms with Crippen molar-refractivity contribution >= 4 is 0 Å². The van der Waals surface area contributed by atoms with Crippen molar-refractivity contribution in [3.8, 4) is 0 Å². The van der Waals surface area contributed by atoms with E-state index in [1.54, 1.807) is 0 Å². The van der Waals surface area contributed by atoms with Gasteiger partial charge in [-0.3, -0.25) is 4.90 Å². The van der Waals surface area contributed by atoms with E-state index in [0.717, 1.165) is 24.4 Å². The minimum atomic E-state index is 0.376. The summed E-state index contributed by atoms with van der Waals surface area (Å²) in [5.41, 5.74) is 6.60. The van der Waals surface area contributed by atoms with E-state index in [-0.39, 0.29) is 0 Å². The summed E-state index contributed by atoms with van der Waals surface area (Å²) in [5, 5.41) is 0. The Kier molecular flexibility index (Phi) is 3.20. The minimum absolute atomic E-state index is 0.376. The number of nitrogens with two attached hydrogens (primary N) is 1. The zero-order valence-electron chi connectivity index (χ0n) is 11.3. The Morgan fingerprint density at radius 2 is 1.88 bits per heavy atom. The van der Waals surface area contributed by atoms with Crippen LogP contribution < -0.4 is 5.73 Å². The minimum Gasteiger partial charge on any atom is -0.329 e. The summed E-state index contributed by atoms with van der Waals surface area (Å²) in [5.74, 6) is 2.07. The first-order chi connectivity index (χ1) is 8.29. The van der Waals surface area contributed by atoms with Crippen molar-refractivity contribution in [2.75, 3.05) is 13.1 Å². The molecule has 3 saturated carbocycles. The fourth-order valence-electron chi connectivity index (χ4n) is 4.29. The molecule has 2 nitrogen and oxygen atoms in total. The van der Waals surface area contributed by atoms with Gasteiger partial charge >= 0.3 is 0 Å². The maximum atomic E-state index is 6.22. The highest BCUT2D eigenvalue weighted by atomic mass is 15.3. The Morgan fingerprint density at radius 1 is 1.12 bits per heavy atom. The third-order valence-corrected chi connectivity index (χ3v) is 5.47. The molecular formula is C15H28N2. The van der Waals surface area contributed by atoms with Gasteiger partial charge in [-0.1, -0.05) is 19.8 Å². The van der Waals surface area contributed by atoms with Gasteiger partial charge in [-0.15, -0.1) is 0 Å². The normalized spacial score (nSPS) is 38.6. The van der Waals surface area contributed by atoms with Crippen LogP contribution in [0.5, 0.6) is 0 Å². The summed E-state index contributed by atoms with van der Waals surface area (Å²) < 4.78 is 0. The highest BCUT2D eigenvalue weighted by Crippen LogP contribution is 2.49. The molecule has 3 aliphatic rings. The van der Waals surface area contributed by atoms with Crippen LogP contribution in [0.3, 0.4) is 0 Å². The predicted octanol–water partition coefficient (Wildman–Crippen LogP) is 2.77. The first-order valence-electron chi connectivity index (χ1n) is 7.76. The third kappa shape index (κ3) is 2.26. The molecule has 2 heteroatoms. The molecule has 0 aromatic rings. The molecule has 98 valence electrons. The molecule has 0 aromatic heterocycles. The number of hydrogen-bond donors (Lipinski definition) is 1. The van der Waals surface area contributed by atoms with E-state index in [1.807, 2.05) is 0 Å². The van der Waals surface area contributed by atoms with Gasteiger partial charge in [0.2, 0.25) is 0 Å². The maximum absolute atomic E-state index is 6.22. The van der Waals surface area contributed by atoms with Crippen LogP contribution in [0.25, 0.3) is 0 Å². The summed E-state index contributed by atoms with van der Waals surface area (Å²) in [7, 11) is 0. The molecule has 2 N–H and O–H groups in total.